The fourth-order valence-electron chi connectivity index (χ4n) is 1.70. The molecule has 0 aliphatic rings. The molecule has 0 radical (unpaired) electrons. The molecule has 0 nitrogen and oxygen atoms in total. The van der Waals surface area contributed by atoms with Crippen molar-refractivity contribution in [3.8, 4) is 0 Å². The number of halogens is 3. The molecule has 0 aliphatic heterocycles. The van der Waals surface area contributed by atoms with E-state index in [1.807, 2.05) is 18.4 Å². The Morgan fingerprint density at radius 2 is 2.12 bits per heavy atom. The summed E-state index contributed by atoms with van der Waals surface area (Å²) in [7, 11) is 0. The van der Waals surface area contributed by atoms with Crippen LogP contribution in [0.5, 0.6) is 0 Å². The van der Waals surface area contributed by atoms with Crippen molar-refractivity contribution in [1.29, 1.82) is 0 Å². The zero-order valence-electron chi connectivity index (χ0n) is 9.21. The maximum Gasteiger partial charge on any atom is 0.127 e. The summed E-state index contributed by atoms with van der Waals surface area (Å²) in [6.07, 6.45) is 0.411. The molecule has 0 amide bonds. The van der Waals surface area contributed by atoms with Crippen LogP contribution in [-0.4, -0.2) is 0 Å². The Morgan fingerprint density at radius 1 is 1.35 bits per heavy atom. The van der Waals surface area contributed by atoms with Gasteiger partial charge < -0.3 is 0 Å². The van der Waals surface area contributed by atoms with Gasteiger partial charge in [0.25, 0.3) is 0 Å². The number of alkyl halides is 1. The molecular formula is C13H11Cl2FS. The van der Waals surface area contributed by atoms with Crippen LogP contribution in [0.4, 0.5) is 4.39 Å². The average molecular weight is 289 g/mol. The standard InChI is InChI=1S/C13H11Cl2FS/c1-8-5-6-17-13(8)11(15)7-9-10(14)3-2-4-12(9)16/h2-6,11H,7H2,1H3. The van der Waals surface area contributed by atoms with Gasteiger partial charge in [0.15, 0.2) is 0 Å². The summed E-state index contributed by atoms with van der Waals surface area (Å²) in [6, 6.07) is 6.70. The Kier molecular flexibility index (Phi) is 4.08. The molecule has 0 saturated carbocycles. The molecule has 1 heterocycles. The number of aryl methyl sites for hydroxylation is 1. The first kappa shape index (κ1) is 12.9. The molecule has 0 N–H and O–H groups in total. The molecule has 0 saturated heterocycles. The second-order valence-electron chi connectivity index (χ2n) is 3.84. The third-order valence-electron chi connectivity index (χ3n) is 2.63. The van der Waals surface area contributed by atoms with E-state index < -0.39 is 0 Å². The van der Waals surface area contributed by atoms with Crippen molar-refractivity contribution in [3.63, 3.8) is 0 Å². The smallest absolute Gasteiger partial charge is 0.127 e. The number of rotatable bonds is 3. The predicted molar refractivity (Wildman–Crippen MR) is 72.8 cm³/mol. The van der Waals surface area contributed by atoms with Gasteiger partial charge in [-0.1, -0.05) is 17.7 Å². The number of hydrogen-bond donors (Lipinski definition) is 0. The van der Waals surface area contributed by atoms with Gasteiger partial charge in [0, 0.05) is 15.5 Å². The van der Waals surface area contributed by atoms with E-state index in [0.717, 1.165) is 10.4 Å². The molecule has 4 heteroatoms. The van der Waals surface area contributed by atoms with Gasteiger partial charge in [-0.25, -0.2) is 4.39 Å². The van der Waals surface area contributed by atoms with Crippen LogP contribution >= 0.6 is 34.5 Å². The lowest BCUT2D eigenvalue weighted by Crippen LogP contribution is -1.99. The van der Waals surface area contributed by atoms with E-state index in [-0.39, 0.29) is 11.2 Å². The van der Waals surface area contributed by atoms with E-state index in [0.29, 0.717) is 17.0 Å². The van der Waals surface area contributed by atoms with E-state index in [4.69, 9.17) is 23.2 Å². The molecule has 0 spiro atoms. The summed E-state index contributed by atoms with van der Waals surface area (Å²) in [4.78, 5) is 1.07. The summed E-state index contributed by atoms with van der Waals surface area (Å²) in [5.41, 5.74) is 1.63. The minimum atomic E-state index is -0.294. The lowest BCUT2D eigenvalue weighted by atomic mass is 10.1. The van der Waals surface area contributed by atoms with Gasteiger partial charge >= 0.3 is 0 Å². The summed E-state index contributed by atoms with van der Waals surface area (Å²) in [5, 5.41) is 2.19. The summed E-state index contributed by atoms with van der Waals surface area (Å²) >= 11 is 13.9. The van der Waals surface area contributed by atoms with Crippen molar-refractivity contribution in [2.45, 2.75) is 18.7 Å². The molecule has 1 atom stereocenters. The van der Waals surface area contributed by atoms with Crippen molar-refractivity contribution in [2.24, 2.45) is 0 Å². The highest BCUT2D eigenvalue weighted by Crippen LogP contribution is 2.34. The summed E-state index contributed by atoms with van der Waals surface area (Å²) < 4.78 is 13.6. The normalized spacial score (nSPS) is 12.7. The van der Waals surface area contributed by atoms with Gasteiger partial charge in [-0.05, 0) is 42.5 Å². The molecule has 90 valence electrons. The van der Waals surface area contributed by atoms with Crippen molar-refractivity contribution in [2.75, 3.05) is 0 Å². The minimum absolute atomic E-state index is 0.232. The van der Waals surface area contributed by atoms with Gasteiger partial charge in [0.05, 0.1) is 5.38 Å². The average Bonchev–Trinajstić information content (AvgIpc) is 2.70. The van der Waals surface area contributed by atoms with Crippen molar-refractivity contribution < 1.29 is 4.39 Å². The predicted octanol–water partition coefficient (Wildman–Crippen LogP) is 5.37. The molecule has 1 unspecified atom stereocenters. The lowest BCUT2D eigenvalue weighted by molar-refractivity contribution is 0.608. The monoisotopic (exact) mass is 288 g/mol. The Bertz CT molecular complexity index is 502. The maximum atomic E-state index is 13.6. The Morgan fingerprint density at radius 3 is 2.71 bits per heavy atom. The van der Waals surface area contributed by atoms with Crippen LogP contribution < -0.4 is 0 Å². The molecule has 0 bridgehead atoms. The maximum absolute atomic E-state index is 13.6. The second-order valence-corrected chi connectivity index (χ2v) is 5.72. The molecule has 0 aliphatic carbocycles. The highest BCUT2D eigenvalue weighted by atomic mass is 35.5. The summed E-state index contributed by atoms with van der Waals surface area (Å²) in [5.74, 6) is -0.294. The largest absolute Gasteiger partial charge is 0.207 e. The van der Waals surface area contributed by atoms with Crippen LogP contribution in [0.15, 0.2) is 29.6 Å². The quantitative estimate of drug-likeness (QED) is 0.666. The van der Waals surface area contributed by atoms with Gasteiger partial charge in [-0.15, -0.1) is 22.9 Å². The molecule has 17 heavy (non-hydrogen) atoms. The number of hydrogen-bond acceptors (Lipinski definition) is 1. The molecule has 2 rings (SSSR count). The van der Waals surface area contributed by atoms with Gasteiger partial charge in [0.2, 0.25) is 0 Å². The van der Waals surface area contributed by atoms with Crippen LogP contribution in [0.3, 0.4) is 0 Å². The van der Waals surface area contributed by atoms with Gasteiger partial charge in [-0.2, -0.15) is 0 Å². The first-order chi connectivity index (χ1) is 8.09. The number of benzene rings is 1. The van der Waals surface area contributed by atoms with Crippen LogP contribution in [0, 0.1) is 12.7 Å². The van der Waals surface area contributed by atoms with Crippen molar-refractivity contribution >= 4 is 34.5 Å². The van der Waals surface area contributed by atoms with Gasteiger partial charge in [0.1, 0.15) is 5.82 Å². The Balaban J connectivity index is 2.25. The van der Waals surface area contributed by atoms with E-state index in [2.05, 4.69) is 0 Å². The summed E-state index contributed by atoms with van der Waals surface area (Å²) in [6.45, 7) is 2.00. The second kappa shape index (κ2) is 5.38. The Hall–Kier alpha value is -0.570. The third-order valence-corrected chi connectivity index (χ3v) is 4.62. The lowest BCUT2D eigenvalue weighted by Gasteiger charge is -2.11. The van der Waals surface area contributed by atoms with Crippen molar-refractivity contribution in [3.05, 3.63) is 56.5 Å². The van der Waals surface area contributed by atoms with Gasteiger partial charge in [-0.3, -0.25) is 0 Å². The zero-order chi connectivity index (χ0) is 12.4. The Labute approximate surface area is 114 Å². The third kappa shape index (κ3) is 2.82. The van der Waals surface area contributed by atoms with E-state index >= 15 is 0 Å². The zero-order valence-corrected chi connectivity index (χ0v) is 11.5. The SMILES string of the molecule is Cc1ccsc1C(Cl)Cc1c(F)cccc1Cl. The first-order valence-electron chi connectivity index (χ1n) is 5.20. The van der Waals surface area contributed by atoms with E-state index in [1.165, 1.54) is 6.07 Å². The molecule has 0 fully saturated rings. The van der Waals surface area contributed by atoms with Crippen LogP contribution in [0.25, 0.3) is 0 Å². The van der Waals surface area contributed by atoms with Crippen LogP contribution in [0.2, 0.25) is 5.02 Å². The van der Waals surface area contributed by atoms with Crippen LogP contribution in [-0.2, 0) is 6.42 Å². The van der Waals surface area contributed by atoms with E-state index in [9.17, 15) is 4.39 Å². The highest BCUT2D eigenvalue weighted by Gasteiger charge is 2.17. The topological polar surface area (TPSA) is 0 Å². The van der Waals surface area contributed by atoms with Crippen LogP contribution in [0.1, 0.15) is 21.4 Å². The van der Waals surface area contributed by atoms with Crippen molar-refractivity contribution in [1.82, 2.24) is 0 Å². The molecular weight excluding hydrogens is 278 g/mol. The fourth-order valence-corrected chi connectivity index (χ4v) is 3.33. The molecule has 1 aromatic carbocycles. The molecule has 1 aromatic heterocycles. The highest BCUT2D eigenvalue weighted by molar-refractivity contribution is 7.10. The van der Waals surface area contributed by atoms with E-state index in [1.54, 1.807) is 23.5 Å². The first-order valence-corrected chi connectivity index (χ1v) is 6.90. The number of thiophene rings is 1. The fraction of sp³-hybridized carbons (Fsp3) is 0.231. The minimum Gasteiger partial charge on any atom is -0.207 e. The molecule has 2 aromatic rings.